The molecule has 3 atom stereocenters. The molecule has 3 amide bonds. The van der Waals surface area contributed by atoms with Crippen LogP contribution >= 0.6 is 15.9 Å². The van der Waals surface area contributed by atoms with Crippen molar-refractivity contribution in [1.29, 1.82) is 0 Å². The van der Waals surface area contributed by atoms with Gasteiger partial charge in [0.2, 0.25) is 5.91 Å². The van der Waals surface area contributed by atoms with Gasteiger partial charge in [0.15, 0.2) is 0 Å². The largest absolute Gasteiger partial charge is 0.480 e. The summed E-state index contributed by atoms with van der Waals surface area (Å²) in [6.07, 6.45) is 0.643. The van der Waals surface area contributed by atoms with Crippen molar-refractivity contribution < 1.29 is 19.5 Å². The second-order valence-electron chi connectivity index (χ2n) is 7.61. The molecule has 0 aromatic heterocycles. The fraction of sp³-hybridized carbons (Fsp3) is 0.526. The van der Waals surface area contributed by atoms with Gasteiger partial charge in [0.25, 0.3) is 0 Å². The summed E-state index contributed by atoms with van der Waals surface area (Å²) >= 11 is 3.32. The standard InChI is InChI=1S/C19H28BrN3O4/c1-6-11(2)14(16(24)23-15(17(25)26)19(3,4)5)22-18(27)21-13-9-7-12(20)8-10-13/h7-11,14-15H,6H2,1-5H3,(H,23,24)(H,25,26)(H2,21,22,27). The van der Waals surface area contributed by atoms with Gasteiger partial charge in [-0.25, -0.2) is 9.59 Å². The van der Waals surface area contributed by atoms with Crippen LogP contribution in [0.3, 0.4) is 0 Å². The molecule has 1 aromatic rings. The van der Waals surface area contributed by atoms with E-state index in [1.54, 1.807) is 45.0 Å². The van der Waals surface area contributed by atoms with E-state index < -0.39 is 35.4 Å². The molecule has 1 aromatic carbocycles. The normalized spacial score (nSPS) is 14.6. The van der Waals surface area contributed by atoms with Crippen molar-refractivity contribution in [2.75, 3.05) is 5.32 Å². The average Bonchev–Trinajstić information content (AvgIpc) is 2.57. The summed E-state index contributed by atoms with van der Waals surface area (Å²) in [5.41, 5.74) is -0.0848. The summed E-state index contributed by atoms with van der Waals surface area (Å²) in [6.45, 7) is 8.93. The fourth-order valence-electron chi connectivity index (χ4n) is 2.42. The molecule has 0 saturated carbocycles. The molecule has 0 saturated heterocycles. The summed E-state index contributed by atoms with van der Waals surface area (Å²) < 4.78 is 0.882. The van der Waals surface area contributed by atoms with Gasteiger partial charge >= 0.3 is 12.0 Å². The monoisotopic (exact) mass is 441 g/mol. The SMILES string of the molecule is CCC(C)C(NC(=O)Nc1ccc(Br)cc1)C(=O)NC(C(=O)O)C(C)(C)C. The Labute approximate surface area is 168 Å². The van der Waals surface area contributed by atoms with Crippen LogP contribution in [0.1, 0.15) is 41.0 Å². The van der Waals surface area contributed by atoms with Crippen LogP contribution in [0.5, 0.6) is 0 Å². The van der Waals surface area contributed by atoms with Gasteiger partial charge in [0, 0.05) is 10.2 Å². The molecule has 0 heterocycles. The van der Waals surface area contributed by atoms with Gasteiger partial charge in [-0.05, 0) is 35.6 Å². The first-order chi connectivity index (χ1) is 12.5. The van der Waals surface area contributed by atoms with E-state index in [2.05, 4.69) is 31.9 Å². The molecule has 4 N–H and O–H groups in total. The van der Waals surface area contributed by atoms with Crippen LogP contribution in [0.4, 0.5) is 10.5 Å². The summed E-state index contributed by atoms with van der Waals surface area (Å²) in [5, 5.41) is 17.3. The minimum absolute atomic E-state index is 0.171. The van der Waals surface area contributed by atoms with Gasteiger partial charge in [0.1, 0.15) is 12.1 Å². The number of halogens is 1. The molecule has 1 rings (SSSR count). The van der Waals surface area contributed by atoms with Crippen molar-refractivity contribution in [2.45, 2.75) is 53.1 Å². The van der Waals surface area contributed by atoms with E-state index in [1.165, 1.54) is 0 Å². The second kappa shape index (κ2) is 9.73. The lowest BCUT2D eigenvalue weighted by molar-refractivity contribution is -0.145. The van der Waals surface area contributed by atoms with Crippen LogP contribution in [0.25, 0.3) is 0 Å². The van der Waals surface area contributed by atoms with Crippen LogP contribution < -0.4 is 16.0 Å². The number of anilines is 1. The van der Waals surface area contributed by atoms with Crippen molar-refractivity contribution in [3.05, 3.63) is 28.7 Å². The predicted molar refractivity (Wildman–Crippen MR) is 109 cm³/mol. The summed E-state index contributed by atoms with van der Waals surface area (Å²) in [7, 11) is 0. The van der Waals surface area contributed by atoms with Crippen LogP contribution in [0, 0.1) is 11.3 Å². The molecule has 0 bridgehead atoms. The van der Waals surface area contributed by atoms with Crippen molar-refractivity contribution in [3.63, 3.8) is 0 Å². The lowest BCUT2D eigenvalue weighted by Gasteiger charge is -2.31. The maximum atomic E-state index is 12.7. The van der Waals surface area contributed by atoms with Crippen molar-refractivity contribution in [2.24, 2.45) is 11.3 Å². The summed E-state index contributed by atoms with van der Waals surface area (Å²) in [5.74, 6) is -1.80. The highest BCUT2D eigenvalue weighted by atomic mass is 79.9. The third-order valence-electron chi connectivity index (χ3n) is 4.28. The zero-order chi connectivity index (χ0) is 20.8. The number of nitrogens with one attached hydrogen (secondary N) is 3. The van der Waals surface area contributed by atoms with E-state index in [-0.39, 0.29) is 5.92 Å². The van der Waals surface area contributed by atoms with E-state index in [0.717, 1.165) is 4.47 Å². The first kappa shape index (κ1) is 23.0. The third kappa shape index (κ3) is 7.21. The van der Waals surface area contributed by atoms with E-state index in [1.807, 2.05) is 13.8 Å². The average molecular weight is 442 g/mol. The Bertz CT molecular complexity index is 671. The first-order valence-electron chi connectivity index (χ1n) is 8.82. The lowest BCUT2D eigenvalue weighted by atomic mass is 9.86. The van der Waals surface area contributed by atoms with Crippen LogP contribution in [0.2, 0.25) is 0 Å². The van der Waals surface area contributed by atoms with E-state index in [9.17, 15) is 19.5 Å². The lowest BCUT2D eigenvalue weighted by Crippen LogP contribution is -2.57. The Morgan fingerprint density at radius 3 is 2.11 bits per heavy atom. The quantitative estimate of drug-likeness (QED) is 0.518. The summed E-state index contributed by atoms with van der Waals surface area (Å²) in [4.78, 5) is 36.5. The molecule has 8 heteroatoms. The highest BCUT2D eigenvalue weighted by Crippen LogP contribution is 2.20. The Kier molecular flexibility index (Phi) is 8.27. The minimum atomic E-state index is -1.11. The van der Waals surface area contributed by atoms with Crippen molar-refractivity contribution in [3.8, 4) is 0 Å². The first-order valence-corrected chi connectivity index (χ1v) is 9.61. The molecule has 0 aliphatic heterocycles. The zero-order valence-corrected chi connectivity index (χ0v) is 17.9. The number of hydrogen-bond donors (Lipinski definition) is 4. The second-order valence-corrected chi connectivity index (χ2v) is 8.53. The molecule has 0 fully saturated rings. The van der Waals surface area contributed by atoms with Crippen molar-refractivity contribution in [1.82, 2.24) is 10.6 Å². The van der Waals surface area contributed by atoms with Gasteiger partial charge in [-0.2, -0.15) is 0 Å². The number of carbonyl (C=O) groups excluding carboxylic acids is 2. The Morgan fingerprint density at radius 1 is 1.11 bits per heavy atom. The minimum Gasteiger partial charge on any atom is -0.480 e. The number of carboxylic acids is 1. The maximum Gasteiger partial charge on any atom is 0.326 e. The van der Waals surface area contributed by atoms with E-state index in [4.69, 9.17) is 0 Å². The Hall–Kier alpha value is -2.09. The van der Waals surface area contributed by atoms with Crippen molar-refractivity contribution >= 4 is 39.5 Å². The highest BCUT2D eigenvalue weighted by Gasteiger charge is 2.36. The number of carbonyl (C=O) groups is 3. The Morgan fingerprint density at radius 2 is 1.67 bits per heavy atom. The van der Waals surface area contributed by atoms with Crippen LogP contribution in [-0.2, 0) is 9.59 Å². The zero-order valence-electron chi connectivity index (χ0n) is 16.3. The number of hydrogen-bond acceptors (Lipinski definition) is 3. The highest BCUT2D eigenvalue weighted by molar-refractivity contribution is 9.10. The third-order valence-corrected chi connectivity index (χ3v) is 4.81. The molecular weight excluding hydrogens is 414 g/mol. The molecule has 0 aliphatic carbocycles. The van der Waals surface area contributed by atoms with Gasteiger partial charge in [-0.3, -0.25) is 4.79 Å². The molecule has 3 unspecified atom stereocenters. The smallest absolute Gasteiger partial charge is 0.326 e. The molecule has 0 spiro atoms. The van der Waals surface area contributed by atoms with Gasteiger partial charge < -0.3 is 21.1 Å². The predicted octanol–water partition coefficient (Wildman–Crippen LogP) is 3.60. The molecule has 7 nitrogen and oxygen atoms in total. The number of carboxylic acid groups (broad SMARTS) is 1. The number of rotatable bonds is 7. The van der Waals surface area contributed by atoms with E-state index >= 15 is 0 Å². The summed E-state index contributed by atoms with van der Waals surface area (Å²) in [6, 6.07) is 4.58. The molecule has 0 aliphatic rings. The molecule has 27 heavy (non-hydrogen) atoms. The van der Waals surface area contributed by atoms with Gasteiger partial charge in [-0.15, -0.1) is 0 Å². The number of aliphatic carboxylic acids is 1. The Balaban J connectivity index is 2.87. The number of benzene rings is 1. The number of urea groups is 1. The number of amides is 3. The topological polar surface area (TPSA) is 108 Å². The fourth-order valence-corrected chi connectivity index (χ4v) is 2.69. The van der Waals surface area contributed by atoms with Gasteiger partial charge in [-0.1, -0.05) is 57.0 Å². The molecular formula is C19H28BrN3O4. The molecule has 150 valence electrons. The molecule has 0 radical (unpaired) electrons. The van der Waals surface area contributed by atoms with Gasteiger partial charge in [0.05, 0.1) is 0 Å². The van der Waals surface area contributed by atoms with E-state index in [0.29, 0.717) is 12.1 Å². The maximum absolute atomic E-state index is 12.7. The van der Waals surface area contributed by atoms with Crippen LogP contribution in [0.15, 0.2) is 28.7 Å². The van der Waals surface area contributed by atoms with Crippen LogP contribution in [-0.4, -0.2) is 35.1 Å².